The van der Waals surface area contributed by atoms with Crippen LogP contribution in [-0.4, -0.2) is 12.7 Å². The molecule has 2 aliphatic rings. The van der Waals surface area contributed by atoms with Crippen LogP contribution in [-0.2, 0) is 16.2 Å². The predicted octanol–water partition coefficient (Wildman–Crippen LogP) is 2.29. The van der Waals surface area contributed by atoms with Gasteiger partial charge in [-0.25, -0.2) is 8.78 Å². The summed E-state index contributed by atoms with van der Waals surface area (Å²) in [6, 6.07) is 3.81. The molecule has 96 valence electrons. The molecule has 0 radical (unpaired) electrons. The first kappa shape index (κ1) is 11.6. The van der Waals surface area contributed by atoms with Crippen molar-refractivity contribution in [2.75, 3.05) is 6.61 Å². The summed E-state index contributed by atoms with van der Waals surface area (Å²) in [5.41, 5.74) is 4.53. The fourth-order valence-corrected chi connectivity index (χ4v) is 2.26. The zero-order valence-corrected chi connectivity index (χ0v) is 9.66. The highest BCUT2D eigenvalue weighted by Crippen LogP contribution is 2.30. The average molecular weight is 253 g/mol. The van der Waals surface area contributed by atoms with Crippen molar-refractivity contribution in [1.82, 2.24) is 5.48 Å². The van der Waals surface area contributed by atoms with Gasteiger partial charge in [0.15, 0.2) is 11.6 Å². The lowest BCUT2D eigenvalue weighted by atomic mass is 10.1. The molecule has 1 aromatic carbocycles. The van der Waals surface area contributed by atoms with E-state index in [1.54, 1.807) is 0 Å². The molecule has 0 amide bonds. The van der Waals surface area contributed by atoms with E-state index in [9.17, 15) is 8.78 Å². The van der Waals surface area contributed by atoms with Crippen molar-refractivity contribution in [2.24, 2.45) is 5.92 Å². The summed E-state index contributed by atoms with van der Waals surface area (Å²) in [5.74, 6) is -1.30. The molecule has 0 saturated carbocycles. The van der Waals surface area contributed by atoms with Gasteiger partial charge in [0.2, 0.25) is 0 Å². The Bertz CT molecular complexity index is 490. The van der Waals surface area contributed by atoms with Crippen molar-refractivity contribution in [3.63, 3.8) is 0 Å². The molecule has 1 saturated heterocycles. The van der Waals surface area contributed by atoms with Gasteiger partial charge in [-0.15, -0.1) is 0 Å². The zero-order valence-electron chi connectivity index (χ0n) is 9.66. The highest BCUT2D eigenvalue weighted by molar-refractivity contribution is 5.18. The maximum absolute atomic E-state index is 13.0. The fraction of sp³-hybridized carbons (Fsp3) is 0.385. The first-order chi connectivity index (χ1) is 8.72. The largest absolute Gasteiger partial charge is 0.369 e. The number of benzene rings is 1. The summed E-state index contributed by atoms with van der Waals surface area (Å²) in [4.78, 5) is 5.09. The molecule has 1 aliphatic carbocycles. The number of hydroxylamine groups is 1. The van der Waals surface area contributed by atoms with E-state index in [0.717, 1.165) is 18.2 Å². The summed E-state index contributed by atoms with van der Waals surface area (Å²) >= 11 is 0. The monoisotopic (exact) mass is 253 g/mol. The van der Waals surface area contributed by atoms with Crippen LogP contribution >= 0.6 is 0 Å². The van der Waals surface area contributed by atoms with E-state index in [2.05, 4.69) is 5.48 Å². The van der Waals surface area contributed by atoms with E-state index in [-0.39, 0.29) is 12.7 Å². The van der Waals surface area contributed by atoms with Crippen molar-refractivity contribution in [3.8, 4) is 0 Å². The quantitative estimate of drug-likeness (QED) is 0.896. The van der Waals surface area contributed by atoms with Crippen LogP contribution in [0.3, 0.4) is 0 Å². The third-order valence-corrected chi connectivity index (χ3v) is 3.24. The summed E-state index contributed by atoms with van der Waals surface area (Å²) in [6.45, 7) is 0.941. The van der Waals surface area contributed by atoms with Crippen LogP contribution in [0.5, 0.6) is 0 Å². The molecular formula is C13H13F2NO2. The maximum atomic E-state index is 13.0. The van der Waals surface area contributed by atoms with Crippen LogP contribution in [0, 0.1) is 17.6 Å². The van der Waals surface area contributed by atoms with Crippen LogP contribution < -0.4 is 5.48 Å². The van der Waals surface area contributed by atoms with Gasteiger partial charge in [-0.1, -0.05) is 6.07 Å². The molecule has 0 spiro atoms. The van der Waals surface area contributed by atoms with Gasteiger partial charge in [0.1, 0.15) is 0 Å². The van der Waals surface area contributed by atoms with Crippen LogP contribution in [0.1, 0.15) is 12.0 Å². The number of hydrogen-bond donors (Lipinski definition) is 1. The van der Waals surface area contributed by atoms with Gasteiger partial charge in [0.05, 0.1) is 19.3 Å². The van der Waals surface area contributed by atoms with E-state index in [1.807, 2.05) is 6.08 Å². The van der Waals surface area contributed by atoms with Gasteiger partial charge >= 0.3 is 0 Å². The summed E-state index contributed by atoms with van der Waals surface area (Å²) in [7, 11) is 0. The third-order valence-electron chi connectivity index (χ3n) is 3.24. The number of hydrogen-bond acceptors (Lipinski definition) is 3. The Morgan fingerprint density at radius 2 is 2.22 bits per heavy atom. The van der Waals surface area contributed by atoms with E-state index in [4.69, 9.17) is 9.57 Å². The average Bonchev–Trinajstić information content (AvgIpc) is 2.91. The number of halogens is 2. The van der Waals surface area contributed by atoms with Crippen LogP contribution in [0.25, 0.3) is 0 Å². The number of fused-ring (bicyclic) bond motifs is 1. The Morgan fingerprint density at radius 3 is 3.00 bits per heavy atom. The molecule has 18 heavy (non-hydrogen) atoms. The second-order valence-electron chi connectivity index (χ2n) is 4.57. The lowest BCUT2D eigenvalue weighted by Gasteiger charge is -2.11. The molecular weight excluding hydrogens is 240 g/mol. The predicted molar refractivity (Wildman–Crippen MR) is 60.2 cm³/mol. The van der Waals surface area contributed by atoms with Gasteiger partial charge < -0.3 is 4.74 Å². The van der Waals surface area contributed by atoms with Crippen molar-refractivity contribution in [2.45, 2.75) is 19.1 Å². The lowest BCUT2D eigenvalue weighted by molar-refractivity contribution is 0.0507. The van der Waals surface area contributed by atoms with E-state index < -0.39 is 11.6 Å². The first-order valence-corrected chi connectivity index (χ1v) is 5.87. The van der Waals surface area contributed by atoms with Crippen LogP contribution in [0.4, 0.5) is 8.78 Å². The first-order valence-electron chi connectivity index (χ1n) is 5.87. The molecule has 5 heteroatoms. The van der Waals surface area contributed by atoms with Gasteiger partial charge in [-0.05, 0) is 30.2 Å². The Morgan fingerprint density at radius 1 is 1.33 bits per heavy atom. The molecule has 2 unspecified atom stereocenters. The molecule has 1 aliphatic heterocycles. The Kier molecular flexibility index (Phi) is 3.01. The Balaban J connectivity index is 1.58. The van der Waals surface area contributed by atoms with Gasteiger partial charge in [-0.2, -0.15) is 0 Å². The van der Waals surface area contributed by atoms with Crippen LogP contribution in [0.15, 0.2) is 30.0 Å². The second kappa shape index (κ2) is 4.66. The van der Waals surface area contributed by atoms with Crippen LogP contribution in [0.2, 0.25) is 0 Å². The lowest BCUT2D eigenvalue weighted by Crippen LogP contribution is -2.11. The van der Waals surface area contributed by atoms with E-state index >= 15 is 0 Å². The molecule has 0 bridgehead atoms. The normalized spacial score (nSPS) is 25.8. The summed E-state index contributed by atoms with van der Waals surface area (Å²) < 4.78 is 31.4. The van der Waals surface area contributed by atoms with Gasteiger partial charge in [0.25, 0.3) is 0 Å². The van der Waals surface area contributed by atoms with Crippen molar-refractivity contribution < 1.29 is 18.4 Å². The summed E-state index contributed by atoms with van der Waals surface area (Å²) in [5, 5.41) is 0. The molecule has 0 aromatic heterocycles. The molecule has 1 fully saturated rings. The number of rotatable bonds is 3. The van der Waals surface area contributed by atoms with Gasteiger partial charge in [0, 0.05) is 11.6 Å². The van der Waals surface area contributed by atoms with Crippen molar-refractivity contribution in [1.29, 1.82) is 0 Å². The number of ether oxygens (including phenoxy) is 1. The standard InChI is InChI=1S/C13H13F2NO2/c14-11-2-1-8(3-12(11)15)6-17-10-4-9-7-18-16-13(9)5-10/h1-3,5,9-10,16H,4,6-7H2. The minimum absolute atomic E-state index is 0.00881. The molecule has 3 rings (SSSR count). The summed E-state index contributed by atoms with van der Waals surface area (Å²) in [6.07, 6.45) is 2.86. The molecule has 2 atom stereocenters. The number of nitrogens with one attached hydrogen (secondary N) is 1. The second-order valence-corrected chi connectivity index (χ2v) is 4.57. The fourth-order valence-electron chi connectivity index (χ4n) is 2.26. The topological polar surface area (TPSA) is 30.5 Å². The van der Waals surface area contributed by atoms with E-state index in [1.165, 1.54) is 12.1 Å². The van der Waals surface area contributed by atoms with E-state index in [0.29, 0.717) is 18.1 Å². The minimum atomic E-state index is -0.840. The third kappa shape index (κ3) is 2.23. The maximum Gasteiger partial charge on any atom is 0.159 e. The van der Waals surface area contributed by atoms with Crippen molar-refractivity contribution >= 4 is 0 Å². The Labute approximate surface area is 103 Å². The molecule has 1 N–H and O–H groups in total. The minimum Gasteiger partial charge on any atom is -0.369 e. The Hall–Kier alpha value is -1.46. The highest BCUT2D eigenvalue weighted by atomic mass is 19.2. The molecule has 3 nitrogen and oxygen atoms in total. The zero-order chi connectivity index (χ0) is 12.5. The molecule has 1 aromatic rings. The molecule has 1 heterocycles. The highest BCUT2D eigenvalue weighted by Gasteiger charge is 2.31. The van der Waals surface area contributed by atoms with Gasteiger partial charge in [-0.3, -0.25) is 10.3 Å². The SMILES string of the molecule is Fc1ccc(COC2C=C3NOCC3C2)cc1F. The smallest absolute Gasteiger partial charge is 0.159 e. The van der Waals surface area contributed by atoms with Crippen molar-refractivity contribution in [3.05, 3.63) is 47.2 Å².